The molecular formula is C11H8ClFN2O2. The van der Waals surface area contributed by atoms with Crippen molar-refractivity contribution in [2.24, 2.45) is 0 Å². The predicted octanol–water partition coefficient (Wildman–Crippen LogP) is 2.42. The molecule has 0 spiro atoms. The van der Waals surface area contributed by atoms with Crippen molar-refractivity contribution in [2.75, 3.05) is 0 Å². The van der Waals surface area contributed by atoms with E-state index >= 15 is 0 Å². The fourth-order valence-electron chi connectivity index (χ4n) is 1.43. The van der Waals surface area contributed by atoms with E-state index in [2.05, 4.69) is 5.10 Å². The zero-order valence-electron chi connectivity index (χ0n) is 8.60. The van der Waals surface area contributed by atoms with Gasteiger partial charge in [-0.1, -0.05) is 11.6 Å². The highest BCUT2D eigenvalue weighted by molar-refractivity contribution is 6.30. The summed E-state index contributed by atoms with van der Waals surface area (Å²) in [5.41, 5.74) is 0.296. The van der Waals surface area contributed by atoms with Crippen molar-refractivity contribution in [3.05, 3.63) is 52.6 Å². The maximum Gasteiger partial charge on any atom is 0.335 e. The molecule has 0 atom stereocenters. The number of halogens is 2. The van der Waals surface area contributed by atoms with Gasteiger partial charge in [-0.25, -0.2) is 9.18 Å². The summed E-state index contributed by atoms with van der Waals surface area (Å²) >= 11 is 5.68. The average Bonchev–Trinajstić information content (AvgIpc) is 2.67. The number of carboxylic acid groups (broad SMARTS) is 1. The van der Waals surface area contributed by atoms with Crippen molar-refractivity contribution in [3.63, 3.8) is 0 Å². The lowest BCUT2D eigenvalue weighted by molar-refractivity contribution is 0.0696. The standard InChI is InChI=1S/C11H8ClFN2O2/c12-9-4-14-15(6-9)5-8-3-7(11(16)17)1-2-10(8)13/h1-4,6H,5H2,(H,16,17). The van der Waals surface area contributed by atoms with Gasteiger partial charge in [0.05, 0.1) is 23.3 Å². The Labute approximate surface area is 101 Å². The molecule has 1 N–H and O–H groups in total. The van der Waals surface area contributed by atoms with E-state index in [4.69, 9.17) is 16.7 Å². The molecule has 0 saturated carbocycles. The quantitative estimate of drug-likeness (QED) is 0.915. The molecule has 1 aromatic heterocycles. The van der Waals surface area contributed by atoms with Crippen molar-refractivity contribution in [2.45, 2.75) is 6.54 Å². The molecule has 0 radical (unpaired) electrons. The van der Waals surface area contributed by atoms with Crippen molar-refractivity contribution in [1.82, 2.24) is 9.78 Å². The molecule has 0 bridgehead atoms. The van der Waals surface area contributed by atoms with E-state index in [0.29, 0.717) is 5.02 Å². The maximum atomic E-state index is 13.5. The molecule has 0 unspecified atom stereocenters. The van der Waals surface area contributed by atoms with E-state index in [1.165, 1.54) is 29.2 Å². The van der Waals surface area contributed by atoms with Crippen LogP contribution < -0.4 is 0 Å². The third-order valence-corrected chi connectivity index (χ3v) is 2.42. The van der Waals surface area contributed by atoms with Crippen LogP contribution in [-0.2, 0) is 6.54 Å². The third-order valence-electron chi connectivity index (χ3n) is 2.23. The van der Waals surface area contributed by atoms with Gasteiger partial charge in [0.25, 0.3) is 0 Å². The Morgan fingerprint density at radius 3 is 2.88 bits per heavy atom. The van der Waals surface area contributed by atoms with E-state index in [-0.39, 0.29) is 17.7 Å². The minimum Gasteiger partial charge on any atom is -0.478 e. The molecule has 2 rings (SSSR count). The van der Waals surface area contributed by atoms with Gasteiger partial charge in [0.1, 0.15) is 5.82 Å². The van der Waals surface area contributed by atoms with Crippen LogP contribution in [0.25, 0.3) is 0 Å². The van der Waals surface area contributed by atoms with E-state index in [0.717, 1.165) is 6.07 Å². The van der Waals surface area contributed by atoms with Crippen LogP contribution >= 0.6 is 11.6 Å². The van der Waals surface area contributed by atoms with Gasteiger partial charge in [0, 0.05) is 11.8 Å². The number of hydrogen-bond acceptors (Lipinski definition) is 2. The Morgan fingerprint density at radius 1 is 1.53 bits per heavy atom. The van der Waals surface area contributed by atoms with Crippen LogP contribution in [0.15, 0.2) is 30.6 Å². The molecule has 1 heterocycles. The molecule has 2 aromatic rings. The second-order valence-corrected chi connectivity index (χ2v) is 3.90. The van der Waals surface area contributed by atoms with Crippen LogP contribution in [0.5, 0.6) is 0 Å². The summed E-state index contributed by atoms with van der Waals surface area (Å²) in [6, 6.07) is 3.63. The Bertz CT molecular complexity index is 568. The fourth-order valence-corrected chi connectivity index (χ4v) is 1.58. The SMILES string of the molecule is O=C(O)c1ccc(F)c(Cn2cc(Cl)cn2)c1. The highest BCUT2D eigenvalue weighted by atomic mass is 35.5. The van der Waals surface area contributed by atoms with Crippen LogP contribution in [0.2, 0.25) is 5.02 Å². The van der Waals surface area contributed by atoms with Crippen molar-refractivity contribution in [1.29, 1.82) is 0 Å². The first-order valence-corrected chi connectivity index (χ1v) is 5.14. The zero-order valence-corrected chi connectivity index (χ0v) is 9.36. The van der Waals surface area contributed by atoms with Crippen LogP contribution in [-0.4, -0.2) is 20.9 Å². The molecule has 0 amide bonds. The zero-order chi connectivity index (χ0) is 12.4. The maximum absolute atomic E-state index is 13.5. The second kappa shape index (κ2) is 4.55. The number of benzene rings is 1. The molecule has 0 aliphatic rings. The minimum atomic E-state index is -1.09. The first-order valence-electron chi connectivity index (χ1n) is 4.76. The normalized spacial score (nSPS) is 10.5. The van der Waals surface area contributed by atoms with Gasteiger partial charge in [-0.2, -0.15) is 5.10 Å². The molecular weight excluding hydrogens is 247 g/mol. The van der Waals surface area contributed by atoms with Crippen LogP contribution in [0, 0.1) is 5.82 Å². The van der Waals surface area contributed by atoms with Gasteiger partial charge >= 0.3 is 5.97 Å². The van der Waals surface area contributed by atoms with Gasteiger partial charge in [-0.15, -0.1) is 0 Å². The number of carbonyl (C=O) groups is 1. The third kappa shape index (κ3) is 2.62. The summed E-state index contributed by atoms with van der Waals surface area (Å²) in [6.07, 6.45) is 2.97. The molecule has 17 heavy (non-hydrogen) atoms. The van der Waals surface area contributed by atoms with Crippen molar-refractivity contribution < 1.29 is 14.3 Å². The number of aromatic carboxylic acids is 1. The number of carboxylic acids is 1. The van der Waals surface area contributed by atoms with E-state index in [1.54, 1.807) is 0 Å². The highest BCUT2D eigenvalue weighted by Crippen LogP contribution is 2.13. The molecule has 0 aliphatic heterocycles. The van der Waals surface area contributed by atoms with E-state index < -0.39 is 11.8 Å². The van der Waals surface area contributed by atoms with Gasteiger partial charge < -0.3 is 5.11 Å². The molecule has 1 aromatic carbocycles. The molecule has 4 nitrogen and oxygen atoms in total. The van der Waals surface area contributed by atoms with E-state index in [9.17, 15) is 9.18 Å². The summed E-state index contributed by atoms with van der Waals surface area (Å²) in [5, 5.41) is 13.1. The summed E-state index contributed by atoms with van der Waals surface area (Å²) < 4.78 is 14.9. The number of hydrogen-bond donors (Lipinski definition) is 1. The lowest BCUT2D eigenvalue weighted by Gasteiger charge is -2.04. The predicted molar refractivity (Wildman–Crippen MR) is 59.7 cm³/mol. The fraction of sp³-hybridized carbons (Fsp3) is 0.0909. The van der Waals surface area contributed by atoms with Gasteiger partial charge in [-0.05, 0) is 18.2 Å². The molecule has 0 aliphatic carbocycles. The average molecular weight is 255 g/mol. The number of nitrogens with zero attached hydrogens (tertiary/aromatic N) is 2. The number of aromatic nitrogens is 2. The lowest BCUT2D eigenvalue weighted by atomic mass is 10.1. The first-order chi connectivity index (χ1) is 8.06. The lowest BCUT2D eigenvalue weighted by Crippen LogP contribution is -2.05. The Hall–Kier alpha value is -1.88. The topological polar surface area (TPSA) is 55.1 Å². The summed E-state index contributed by atoms with van der Waals surface area (Å²) in [6.45, 7) is 0.139. The monoisotopic (exact) mass is 254 g/mol. The van der Waals surface area contributed by atoms with Crippen LogP contribution in [0.1, 0.15) is 15.9 Å². The largest absolute Gasteiger partial charge is 0.478 e. The summed E-state index contributed by atoms with van der Waals surface area (Å²) in [4.78, 5) is 10.8. The summed E-state index contributed by atoms with van der Waals surface area (Å²) in [5.74, 6) is -1.56. The second-order valence-electron chi connectivity index (χ2n) is 3.47. The number of rotatable bonds is 3. The van der Waals surface area contributed by atoms with Gasteiger partial charge in [0.2, 0.25) is 0 Å². The highest BCUT2D eigenvalue weighted by Gasteiger charge is 2.09. The van der Waals surface area contributed by atoms with E-state index in [1.807, 2.05) is 0 Å². The first kappa shape index (κ1) is 11.6. The minimum absolute atomic E-state index is 0.0413. The van der Waals surface area contributed by atoms with Gasteiger partial charge in [-0.3, -0.25) is 4.68 Å². The van der Waals surface area contributed by atoms with Crippen molar-refractivity contribution in [3.8, 4) is 0 Å². The molecule has 88 valence electrons. The van der Waals surface area contributed by atoms with Gasteiger partial charge in [0.15, 0.2) is 0 Å². The smallest absolute Gasteiger partial charge is 0.335 e. The Balaban J connectivity index is 2.31. The Kier molecular flexibility index (Phi) is 3.10. The van der Waals surface area contributed by atoms with Crippen LogP contribution in [0.3, 0.4) is 0 Å². The van der Waals surface area contributed by atoms with Crippen LogP contribution in [0.4, 0.5) is 4.39 Å². The molecule has 0 saturated heterocycles. The molecule has 6 heteroatoms. The Morgan fingerprint density at radius 2 is 2.29 bits per heavy atom. The molecule has 0 fully saturated rings. The van der Waals surface area contributed by atoms with Crippen molar-refractivity contribution >= 4 is 17.6 Å². The summed E-state index contributed by atoms with van der Waals surface area (Å²) in [7, 11) is 0.